The summed E-state index contributed by atoms with van der Waals surface area (Å²) < 4.78 is 24.8. The van der Waals surface area contributed by atoms with Gasteiger partial charge in [-0.05, 0) is 42.8 Å². The van der Waals surface area contributed by atoms with Gasteiger partial charge in [-0.1, -0.05) is 24.8 Å². The third kappa shape index (κ3) is 2.53. The van der Waals surface area contributed by atoms with Gasteiger partial charge in [0.25, 0.3) is 0 Å². The molecule has 2 rings (SSSR count). The molecule has 2 aromatic rings. The first-order valence-electron chi connectivity index (χ1n) is 5.72. The van der Waals surface area contributed by atoms with Crippen LogP contribution in [-0.2, 0) is 9.84 Å². The molecule has 0 aromatic heterocycles. The number of phenols is 1. The fourth-order valence-electron chi connectivity index (χ4n) is 1.76. The van der Waals surface area contributed by atoms with Crippen molar-refractivity contribution in [3.05, 3.63) is 60.7 Å². The third-order valence-corrected chi connectivity index (χ3v) is 4.56. The zero-order valence-corrected chi connectivity index (χ0v) is 11.3. The van der Waals surface area contributed by atoms with Gasteiger partial charge in [0.05, 0.1) is 9.79 Å². The minimum absolute atomic E-state index is 0.0273. The highest BCUT2D eigenvalue weighted by Gasteiger charge is 2.18. The summed E-state index contributed by atoms with van der Waals surface area (Å²) in [7, 11) is -3.56. The number of rotatable bonds is 3. The van der Waals surface area contributed by atoms with Crippen molar-refractivity contribution in [2.24, 2.45) is 0 Å². The van der Waals surface area contributed by atoms with E-state index in [2.05, 4.69) is 6.58 Å². The maximum atomic E-state index is 12.4. The van der Waals surface area contributed by atoms with E-state index >= 15 is 0 Å². The standard InChI is InChI=1S/C15H14O3S/c1-11(2)14-10-13(8-9-15(14)16)19(17,18)12-6-4-3-5-7-12/h3-10,16H,1H2,2H3. The van der Waals surface area contributed by atoms with Gasteiger partial charge in [0, 0.05) is 5.56 Å². The lowest BCUT2D eigenvalue weighted by Gasteiger charge is -2.08. The van der Waals surface area contributed by atoms with Gasteiger partial charge in [-0.2, -0.15) is 0 Å². The van der Waals surface area contributed by atoms with Crippen LogP contribution in [0.1, 0.15) is 12.5 Å². The summed E-state index contributed by atoms with van der Waals surface area (Å²) in [5.74, 6) is 0.0273. The molecular weight excluding hydrogens is 260 g/mol. The van der Waals surface area contributed by atoms with Crippen LogP contribution in [0.15, 0.2) is 64.9 Å². The molecule has 19 heavy (non-hydrogen) atoms. The number of hydrogen-bond acceptors (Lipinski definition) is 3. The Bertz CT molecular complexity index is 716. The fourth-order valence-corrected chi connectivity index (χ4v) is 3.07. The summed E-state index contributed by atoms with van der Waals surface area (Å²) in [4.78, 5) is 0.378. The van der Waals surface area contributed by atoms with Crippen LogP contribution in [0.4, 0.5) is 0 Å². The summed E-state index contributed by atoms with van der Waals surface area (Å²) in [5, 5.41) is 9.69. The fraction of sp³-hybridized carbons (Fsp3) is 0.0667. The Kier molecular flexibility index (Phi) is 3.44. The molecule has 0 aliphatic heterocycles. The molecule has 0 saturated carbocycles. The van der Waals surface area contributed by atoms with Crippen LogP contribution in [0.25, 0.3) is 5.57 Å². The van der Waals surface area contributed by atoms with E-state index in [0.717, 1.165) is 0 Å². The van der Waals surface area contributed by atoms with E-state index in [9.17, 15) is 13.5 Å². The van der Waals surface area contributed by atoms with Gasteiger partial charge >= 0.3 is 0 Å². The van der Waals surface area contributed by atoms with Gasteiger partial charge in [0.15, 0.2) is 0 Å². The van der Waals surface area contributed by atoms with Crippen molar-refractivity contribution in [1.82, 2.24) is 0 Å². The van der Waals surface area contributed by atoms with Crippen molar-refractivity contribution in [1.29, 1.82) is 0 Å². The number of aromatic hydroxyl groups is 1. The highest BCUT2D eigenvalue weighted by atomic mass is 32.2. The molecule has 0 aliphatic rings. The van der Waals surface area contributed by atoms with E-state index in [0.29, 0.717) is 11.1 Å². The van der Waals surface area contributed by atoms with Crippen LogP contribution in [0.5, 0.6) is 5.75 Å². The second-order valence-corrected chi connectivity index (χ2v) is 6.23. The van der Waals surface area contributed by atoms with Crippen molar-refractivity contribution in [2.75, 3.05) is 0 Å². The maximum absolute atomic E-state index is 12.4. The topological polar surface area (TPSA) is 54.4 Å². The van der Waals surface area contributed by atoms with Crippen LogP contribution < -0.4 is 0 Å². The molecule has 0 radical (unpaired) electrons. The SMILES string of the molecule is C=C(C)c1cc(S(=O)(=O)c2ccccc2)ccc1O. The average molecular weight is 274 g/mol. The zero-order chi connectivity index (χ0) is 14.0. The molecule has 0 atom stereocenters. The molecule has 0 saturated heterocycles. The number of hydrogen-bond donors (Lipinski definition) is 1. The van der Waals surface area contributed by atoms with Gasteiger partial charge in [-0.15, -0.1) is 0 Å². The highest BCUT2D eigenvalue weighted by molar-refractivity contribution is 7.91. The van der Waals surface area contributed by atoms with Gasteiger partial charge in [0.2, 0.25) is 9.84 Å². The molecule has 0 fully saturated rings. The third-order valence-electron chi connectivity index (χ3n) is 2.79. The summed E-state index contributed by atoms with van der Waals surface area (Å²) >= 11 is 0. The molecular formula is C15H14O3S. The maximum Gasteiger partial charge on any atom is 0.206 e. The van der Waals surface area contributed by atoms with Crippen LogP contribution in [0.3, 0.4) is 0 Å². The van der Waals surface area contributed by atoms with E-state index in [-0.39, 0.29) is 15.5 Å². The van der Waals surface area contributed by atoms with E-state index in [1.54, 1.807) is 37.3 Å². The number of benzene rings is 2. The quantitative estimate of drug-likeness (QED) is 0.934. The zero-order valence-electron chi connectivity index (χ0n) is 10.5. The monoisotopic (exact) mass is 274 g/mol. The van der Waals surface area contributed by atoms with Crippen LogP contribution >= 0.6 is 0 Å². The number of phenolic OH excluding ortho intramolecular Hbond substituents is 1. The molecule has 1 N–H and O–H groups in total. The summed E-state index contributed by atoms with van der Waals surface area (Å²) in [5.41, 5.74) is 1.06. The first-order valence-corrected chi connectivity index (χ1v) is 7.20. The summed E-state index contributed by atoms with van der Waals surface area (Å²) in [6.07, 6.45) is 0. The van der Waals surface area contributed by atoms with Crippen LogP contribution in [0, 0.1) is 0 Å². The lowest BCUT2D eigenvalue weighted by Crippen LogP contribution is -2.02. The van der Waals surface area contributed by atoms with Crippen molar-refractivity contribution >= 4 is 15.4 Å². The van der Waals surface area contributed by atoms with Gasteiger partial charge in [-0.25, -0.2) is 8.42 Å². The molecule has 3 nitrogen and oxygen atoms in total. The van der Waals surface area contributed by atoms with Crippen molar-refractivity contribution in [3.63, 3.8) is 0 Å². The van der Waals surface area contributed by atoms with Crippen molar-refractivity contribution in [2.45, 2.75) is 16.7 Å². The Hall–Kier alpha value is -2.07. The molecule has 2 aromatic carbocycles. The molecule has 0 unspecified atom stereocenters. The van der Waals surface area contributed by atoms with Crippen LogP contribution in [0.2, 0.25) is 0 Å². The van der Waals surface area contributed by atoms with Crippen LogP contribution in [-0.4, -0.2) is 13.5 Å². The largest absolute Gasteiger partial charge is 0.507 e. The lowest BCUT2D eigenvalue weighted by atomic mass is 10.1. The first-order chi connectivity index (χ1) is 8.93. The van der Waals surface area contributed by atoms with E-state index in [1.807, 2.05) is 0 Å². The Morgan fingerprint density at radius 3 is 2.26 bits per heavy atom. The molecule has 0 aliphatic carbocycles. The van der Waals surface area contributed by atoms with E-state index < -0.39 is 9.84 Å². The Balaban J connectivity index is 2.60. The molecule has 0 heterocycles. The van der Waals surface area contributed by atoms with Gasteiger partial charge < -0.3 is 5.11 Å². The van der Waals surface area contributed by atoms with Crippen molar-refractivity contribution in [3.8, 4) is 5.75 Å². The number of sulfone groups is 1. The Morgan fingerprint density at radius 2 is 1.68 bits per heavy atom. The second-order valence-electron chi connectivity index (χ2n) is 4.28. The predicted octanol–water partition coefficient (Wildman–Crippen LogP) is 3.26. The number of allylic oxidation sites excluding steroid dienone is 1. The minimum atomic E-state index is -3.56. The van der Waals surface area contributed by atoms with Gasteiger partial charge in [-0.3, -0.25) is 0 Å². The van der Waals surface area contributed by atoms with E-state index in [1.165, 1.54) is 18.2 Å². The molecule has 4 heteroatoms. The summed E-state index contributed by atoms with van der Waals surface area (Å²) in [6.45, 7) is 5.44. The lowest BCUT2D eigenvalue weighted by molar-refractivity contribution is 0.473. The van der Waals surface area contributed by atoms with Gasteiger partial charge in [0.1, 0.15) is 5.75 Å². The molecule has 98 valence electrons. The van der Waals surface area contributed by atoms with Crippen molar-refractivity contribution < 1.29 is 13.5 Å². The van der Waals surface area contributed by atoms with E-state index in [4.69, 9.17) is 0 Å². The smallest absolute Gasteiger partial charge is 0.206 e. The predicted molar refractivity (Wildman–Crippen MR) is 74.7 cm³/mol. The average Bonchev–Trinajstić information content (AvgIpc) is 2.39. The first kappa shape index (κ1) is 13.4. The summed E-state index contributed by atoms with van der Waals surface area (Å²) in [6, 6.07) is 12.4. The minimum Gasteiger partial charge on any atom is -0.507 e. The second kappa shape index (κ2) is 4.90. The Morgan fingerprint density at radius 1 is 1.05 bits per heavy atom. The molecule has 0 amide bonds. The molecule has 0 spiro atoms. The molecule has 0 bridgehead atoms. The highest BCUT2D eigenvalue weighted by Crippen LogP contribution is 2.29. The normalized spacial score (nSPS) is 11.2. The Labute approximate surface area is 112 Å².